The van der Waals surface area contributed by atoms with Gasteiger partial charge in [-0.1, -0.05) is 6.92 Å². The van der Waals surface area contributed by atoms with Crippen LogP contribution in [0, 0.1) is 5.92 Å². The number of nitrogens with zero attached hydrogens (tertiary/aromatic N) is 2. The number of ether oxygens (including phenoxy) is 3. The lowest BCUT2D eigenvalue weighted by atomic mass is 10.0. The van der Waals surface area contributed by atoms with E-state index in [1.807, 2.05) is 12.1 Å². The average Bonchev–Trinajstić information content (AvgIpc) is 2.74. The molecule has 1 fully saturated rings. The van der Waals surface area contributed by atoms with Crippen molar-refractivity contribution in [3.8, 4) is 17.2 Å². The largest absolute Gasteiger partial charge is 0.493 e. The fraction of sp³-hybridized carbons (Fsp3) is 0.682. The van der Waals surface area contributed by atoms with Crippen molar-refractivity contribution < 1.29 is 14.2 Å². The van der Waals surface area contributed by atoms with Gasteiger partial charge in [-0.05, 0) is 62.9 Å². The Morgan fingerprint density at radius 2 is 1.86 bits per heavy atom. The van der Waals surface area contributed by atoms with Gasteiger partial charge in [0, 0.05) is 19.6 Å². The Hall–Kier alpha value is -2.15. The van der Waals surface area contributed by atoms with Crippen LogP contribution in [0.5, 0.6) is 17.2 Å². The van der Waals surface area contributed by atoms with Crippen LogP contribution in [0.15, 0.2) is 17.1 Å². The molecule has 0 spiro atoms. The van der Waals surface area contributed by atoms with Gasteiger partial charge in [-0.15, -0.1) is 0 Å². The third-order valence-corrected chi connectivity index (χ3v) is 5.17. The molecule has 0 aliphatic carbocycles. The molecule has 1 atom stereocenters. The zero-order chi connectivity index (χ0) is 21.1. The monoisotopic (exact) mass is 406 g/mol. The second-order valence-corrected chi connectivity index (χ2v) is 7.56. The summed E-state index contributed by atoms with van der Waals surface area (Å²) in [4.78, 5) is 7.29. The van der Waals surface area contributed by atoms with Crippen LogP contribution in [-0.4, -0.2) is 64.9 Å². The number of piperidine rings is 1. The Labute approximate surface area is 175 Å². The van der Waals surface area contributed by atoms with E-state index in [1.54, 1.807) is 21.3 Å². The first kappa shape index (κ1) is 23.1. The van der Waals surface area contributed by atoms with Gasteiger partial charge in [0.1, 0.15) is 0 Å². The van der Waals surface area contributed by atoms with Crippen LogP contribution in [0.1, 0.15) is 38.7 Å². The smallest absolute Gasteiger partial charge is 0.203 e. The number of likely N-dealkylation sites (tertiary alicyclic amines) is 1. The van der Waals surface area contributed by atoms with E-state index < -0.39 is 0 Å². The van der Waals surface area contributed by atoms with E-state index in [2.05, 4.69) is 29.4 Å². The molecule has 1 aromatic rings. The Kier molecular flexibility index (Phi) is 9.91. The minimum absolute atomic E-state index is 0.523. The topological polar surface area (TPSA) is 67.4 Å². The van der Waals surface area contributed by atoms with Crippen molar-refractivity contribution in [3.63, 3.8) is 0 Å². The zero-order valence-corrected chi connectivity index (χ0v) is 18.7. The third kappa shape index (κ3) is 7.31. The SMILES string of the molecule is CCNC(=NCc1cc(OC)c(OC)c(OC)c1)NCCCN1CCCC(C)C1. The van der Waals surface area contributed by atoms with Crippen LogP contribution >= 0.6 is 0 Å². The van der Waals surface area contributed by atoms with Crippen LogP contribution in [0.4, 0.5) is 0 Å². The van der Waals surface area contributed by atoms with Crippen LogP contribution in [-0.2, 0) is 6.54 Å². The normalized spacial score (nSPS) is 17.7. The highest BCUT2D eigenvalue weighted by atomic mass is 16.5. The second-order valence-electron chi connectivity index (χ2n) is 7.56. The van der Waals surface area contributed by atoms with Gasteiger partial charge < -0.3 is 29.7 Å². The summed E-state index contributed by atoms with van der Waals surface area (Å²) in [6, 6.07) is 3.87. The summed E-state index contributed by atoms with van der Waals surface area (Å²) >= 11 is 0. The van der Waals surface area contributed by atoms with Crippen LogP contribution < -0.4 is 24.8 Å². The predicted molar refractivity (Wildman–Crippen MR) is 118 cm³/mol. The minimum Gasteiger partial charge on any atom is -0.493 e. The lowest BCUT2D eigenvalue weighted by Gasteiger charge is -2.30. The predicted octanol–water partition coefficient (Wildman–Crippen LogP) is 2.89. The highest BCUT2D eigenvalue weighted by Gasteiger charge is 2.15. The van der Waals surface area contributed by atoms with E-state index in [0.717, 1.165) is 43.5 Å². The number of methoxy groups -OCH3 is 3. The molecule has 2 N–H and O–H groups in total. The van der Waals surface area contributed by atoms with Crippen molar-refractivity contribution in [2.45, 2.75) is 39.7 Å². The first-order chi connectivity index (χ1) is 14.1. The Morgan fingerprint density at radius 1 is 1.14 bits per heavy atom. The van der Waals surface area contributed by atoms with Crippen molar-refractivity contribution in [2.75, 3.05) is 54.1 Å². The highest BCUT2D eigenvalue weighted by Crippen LogP contribution is 2.38. The van der Waals surface area contributed by atoms with Gasteiger partial charge in [0.2, 0.25) is 5.75 Å². The fourth-order valence-electron chi connectivity index (χ4n) is 3.74. The van der Waals surface area contributed by atoms with Gasteiger partial charge in [0.05, 0.1) is 27.9 Å². The molecule has 0 radical (unpaired) electrons. The molecule has 0 aromatic heterocycles. The molecular formula is C22H38N4O3. The maximum Gasteiger partial charge on any atom is 0.203 e. The quantitative estimate of drug-likeness (QED) is 0.354. The molecule has 0 amide bonds. The molecule has 1 aliphatic rings. The van der Waals surface area contributed by atoms with Gasteiger partial charge in [-0.25, -0.2) is 4.99 Å². The maximum absolute atomic E-state index is 5.43. The first-order valence-electron chi connectivity index (χ1n) is 10.6. The van der Waals surface area contributed by atoms with Gasteiger partial charge in [0.25, 0.3) is 0 Å². The Balaban J connectivity index is 1.91. The van der Waals surface area contributed by atoms with E-state index in [-0.39, 0.29) is 0 Å². The van der Waals surface area contributed by atoms with Crippen LogP contribution in [0.25, 0.3) is 0 Å². The van der Waals surface area contributed by atoms with Crippen LogP contribution in [0.2, 0.25) is 0 Å². The van der Waals surface area contributed by atoms with E-state index in [9.17, 15) is 0 Å². The number of aliphatic imine (C=N–C) groups is 1. The summed E-state index contributed by atoms with van der Waals surface area (Å²) in [7, 11) is 4.86. The summed E-state index contributed by atoms with van der Waals surface area (Å²) in [5.74, 6) is 3.54. The molecule has 0 saturated carbocycles. The summed E-state index contributed by atoms with van der Waals surface area (Å²) < 4.78 is 16.2. The molecule has 2 rings (SSSR count). The summed E-state index contributed by atoms with van der Waals surface area (Å²) in [5.41, 5.74) is 0.999. The number of hydrogen-bond donors (Lipinski definition) is 2. The van der Waals surface area contributed by atoms with E-state index in [0.29, 0.717) is 23.8 Å². The fourth-order valence-corrected chi connectivity index (χ4v) is 3.74. The van der Waals surface area contributed by atoms with E-state index in [1.165, 1.54) is 25.9 Å². The maximum atomic E-state index is 5.43. The number of benzene rings is 1. The van der Waals surface area contributed by atoms with Crippen molar-refractivity contribution in [1.29, 1.82) is 0 Å². The zero-order valence-electron chi connectivity index (χ0n) is 18.7. The second kappa shape index (κ2) is 12.4. The van der Waals surface area contributed by atoms with Crippen molar-refractivity contribution in [1.82, 2.24) is 15.5 Å². The molecule has 7 heteroatoms. The molecule has 1 aromatic carbocycles. The molecule has 1 unspecified atom stereocenters. The average molecular weight is 407 g/mol. The molecule has 1 saturated heterocycles. The molecule has 1 aliphatic heterocycles. The number of guanidine groups is 1. The number of hydrogen-bond acceptors (Lipinski definition) is 5. The van der Waals surface area contributed by atoms with Crippen molar-refractivity contribution >= 4 is 5.96 Å². The van der Waals surface area contributed by atoms with E-state index in [4.69, 9.17) is 19.2 Å². The summed E-state index contributed by atoms with van der Waals surface area (Å²) in [5, 5.41) is 6.76. The lowest BCUT2D eigenvalue weighted by Crippen LogP contribution is -2.40. The molecule has 7 nitrogen and oxygen atoms in total. The molecule has 0 bridgehead atoms. The number of nitrogens with one attached hydrogen (secondary N) is 2. The lowest BCUT2D eigenvalue weighted by molar-refractivity contribution is 0.182. The third-order valence-electron chi connectivity index (χ3n) is 5.17. The standard InChI is InChI=1S/C22H38N4O3/c1-6-23-22(24-10-8-12-26-11-7-9-17(2)16-26)25-15-18-13-19(27-3)21(29-5)20(14-18)28-4/h13-14,17H,6-12,15-16H2,1-5H3,(H2,23,24,25). The highest BCUT2D eigenvalue weighted by molar-refractivity contribution is 5.79. The van der Waals surface area contributed by atoms with Gasteiger partial charge >= 0.3 is 0 Å². The Morgan fingerprint density at radius 3 is 2.45 bits per heavy atom. The van der Waals surface area contributed by atoms with Crippen molar-refractivity contribution in [3.05, 3.63) is 17.7 Å². The van der Waals surface area contributed by atoms with Crippen molar-refractivity contribution in [2.24, 2.45) is 10.9 Å². The van der Waals surface area contributed by atoms with Crippen LogP contribution in [0.3, 0.4) is 0 Å². The van der Waals surface area contributed by atoms with Gasteiger partial charge in [-0.3, -0.25) is 0 Å². The summed E-state index contributed by atoms with van der Waals surface area (Å²) in [6.45, 7) is 10.3. The number of rotatable bonds is 10. The van der Waals surface area contributed by atoms with Gasteiger partial charge in [0.15, 0.2) is 17.5 Å². The van der Waals surface area contributed by atoms with Gasteiger partial charge in [-0.2, -0.15) is 0 Å². The molecule has 164 valence electrons. The minimum atomic E-state index is 0.523. The molecular weight excluding hydrogens is 368 g/mol. The molecule has 29 heavy (non-hydrogen) atoms. The van der Waals surface area contributed by atoms with E-state index >= 15 is 0 Å². The Bertz CT molecular complexity index is 626. The summed E-state index contributed by atoms with van der Waals surface area (Å²) in [6.07, 6.45) is 3.81. The molecule has 1 heterocycles. The first-order valence-corrected chi connectivity index (χ1v) is 10.6.